The van der Waals surface area contributed by atoms with Crippen molar-refractivity contribution in [3.05, 3.63) is 16.4 Å². The van der Waals surface area contributed by atoms with E-state index in [1.165, 1.54) is 4.68 Å². The van der Waals surface area contributed by atoms with Gasteiger partial charge in [0.15, 0.2) is 5.69 Å². The van der Waals surface area contributed by atoms with Crippen LogP contribution in [-0.4, -0.2) is 33.7 Å². The van der Waals surface area contributed by atoms with E-state index >= 15 is 0 Å². The largest absolute Gasteiger partial charge is 0.436 e. The minimum atomic E-state index is -4.61. The maximum Gasteiger partial charge on any atom is 0.436 e. The lowest BCUT2D eigenvalue weighted by Gasteiger charge is -2.22. The van der Waals surface area contributed by atoms with Crippen LogP contribution in [0.3, 0.4) is 0 Å². The zero-order valence-electron chi connectivity index (χ0n) is 12.2. The van der Waals surface area contributed by atoms with Crippen molar-refractivity contribution in [1.29, 1.82) is 0 Å². The predicted molar refractivity (Wildman–Crippen MR) is 74.7 cm³/mol. The monoisotopic (exact) mass is 335 g/mol. The molecular formula is C14H17ClF3N3O. The number of aromatic nitrogens is 2. The van der Waals surface area contributed by atoms with Crippen LogP contribution in [0.2, 0.25) is 5.02 Å². The van der Waals surface area contributed by atoms with Crippen LogP contribution in [0.5, 0.6) is 0 Å². The third kappa shape index (κ3) is 2.71. The summed E-state index contributed by atoms with van der Waals surface area (Å²) in [6.45, 7) is 2.90. The molecule has 1 aromatic rings. The highest BCUT2D eigenvalue weighted by molar-refractivity contribution is 6.32. The summed E-state index contributed by atoms with van der Waals surface area (Å²) in [7, 11) is 0. The molecule has 1 amide bonds. The van der Waals surface area contributed by atoms with Crippen molar-refractivity contribution in [3.8, 4) is 0 Å². The van der Waals surface area contributed by atoms with E-state index in [-0.39, 0.29) is 16.8 Å². The number of halogens is 4. The molecule has 0 N–H and O–H groups in total. The summed E-state index contributed by atoms with van der Waals surface area (Å²) in [6, 6.07) is -0.762. The number of alkyl halides is 3. The van der Waals surface area contributed by atoms with Crippen molar-refractivity contribution in [2.75, 3.05) is 13.1 Å². The SMILES string of the molecule is CC(C(=O)N1CCCC1)n1nc(C(F)(F)F)c(Cl)c1C1CC1. The van der Waals surface area contributed by atoms with Gasteiger partial charge in [-0.1, -0.05) is 11.6 Å². The molecule has 2 heterocycles. The molecule has 0 bridgehead atoms. The molecule has 0 aromatic carbocycles. The minimum absolute atomic E-state index is 0.0232. The van der Waals surface area contributed by atoms with E-state index in [1.54, 1.807) is 11.8 Å². The van der Waals surface area contributed by atoms with Crippen molar-refractivity contribution in [2.45, 2.75) is 50.7 Å². The average Bonchev–Trinajstić information content (AvgIpc) is 3.00. The number of rotatable bonds is 3. The molecule has 1 saturated carbocycles. The van der Waals surface area contributed by atoms with Crippen molar-refractivity contribution in [1.82, 2.24) is 14.7 Å². The minimum Gasteiger partial charge on any atom is -0.341 e. The van der Waals surface area contributed by atoms with E-state index in [0.29, 0.717) is 18.8 Å². The van der Waals surface area contributed by atoms with E-state index in [9.17, 15) is 18.0 Å². The molecule has 1 aliphatic carbocycles. The zero-order chi connectivity index (χ0) is 16.1. The Morgan fingerprint density at radius 3 is 2.41 bits per heavy atom. The molecule has 3 rings (SSSR count). The first kappa shape index (κ1) is 15.6. The summed E-state index contributed by atoms with van der Waals surface area (Å²) >= 11 is 5.93. The van der Waals surface area contributed by atoms with Gasteiger partial charge < -0.3 is 4.90 Å². The van der Waals surface area contributed by atoms with Gasteiger partial charge >= 0.3 is 6.18 Å². The number of nitrogens with zero attached hydrogens (tertiary/aromatic N) is 3. The van der Waals surface area contributed by atoms with Crippen LogP contribution in [0.1, 0.15) is 56.0 Å². The average molecular weight is 336 g/mol. The van der Waals surface area contributed by atoms with Crippen LogP contribution in [0.4, 0.5) is 13.2 Å². The molecule has 1 unspecified atom stereocenters. The number of likely N-dealkylation sites (tertiary alicyclic amines) is 1. The quantitative estimate of drug-likeness (QED) is 0.846. The Balaban J connectivity index is 1.96. The second kappa shape index (κ2) is 5.44. The maximum absolute atomic E-state index is 13.0. The van der Waals surface area contributed by atoms with Crippen molar-refractivity contribution < 1.29 is 18.0 Å². The summed E-state index contributed by atoms with van der Waals surface area (Å²) in [6.07, 6.45) is -1.17. The lowest BCUT2D eigenvalue weighted by molar-refractivity contribution is -0.142. The molecule has 8 heteroatoms. The molecule has 2 aliphatic rings. The lowest BCUT2D eigenvalue weighted by atomic mass is 10.2. The summed E-state index contributed by atoms with van der Waals surface area (Å²) in [5, 5.41) is 3.30. The van der Waals surface area contributed by atoms with Gasteiger partial charge in [0.2, 0.25) is 5.91 Å². The highest BCUT2D eigenvalue weighted by atomic mass is 35.5. The first-order valence-electron chi connectivity index (χ1n) is 7.44. The van der Waals surface area contributed by atoms with E-state index in [2.05, 4.69) is 5.10 Å². The molecule has 22 heavy (non-hydrogen) atoms. The number of hydrogen-bond acceptors (Lipinski definition) is 2. The second-order valence-corrected chi connectivity index (χ2v) is 6.35. The third-order valence-corrected chi connectivity index (χ3v) is 4.63. The number of carbonyl (C=O) groups excluding carboxylic acids is 1. The van der Waals surface area contributed by atoms with E-state index < -0.39 is 17.9 Å². The van der Waals surface area contributed by atoms with Crippen molar-refractivity contribution >= 4 is 17.5 Å². The Labute approximate surface area is 131 Å². The Hall–Kier alpha value is -1.24. The second-order valence-electron chi connectivity index (χ2n) is 5.97. The number of carbonyl (C=O) groups is 1. The van der Waals surface area contributed by atoms with Gasteiger partial charge in [-0.05, 0) is 32.6 Å². The standard InChI is InChI=1S/C14H17ClF3N3O/c1-8(13(22)20-6-2-3-7-20)21-11(9-4-5-9)10(15)12(19-21)14(16,17)18/h8-9H,2-7H2,1H3. The highest BCUT2D eigenvalue weighted by Crippen LogP contribution is 2.47. The highest BCUT2D eigenvalue weighted by Gasteiger charge is 2.43. The fourth-order valence-corrected chi connectivity index (χ4v) is 3.32. The molecule has 0 radical (unpaired) electrons. The maximum atomic E-state index is 13.0. The summed E-state index contributed by atoms with van der Waals surface area (Å²) in [5.74, 6) is -0.211. The fourth-order valence-electron chi connectivity index (χ4n) is 2.93. The van der Waals surface area contributed by atoms with Crippen LogP contribution in [-0.2, 0) is 11.0 Å². The van der Waals surface area contributed by atoms with Crippen molar-refractivity contribution in [2.24, 2.45) is 0 Å². The van der Waals surface area contributed by atoms with Gasteiger partial charge in [-0.25, -0.2) is 0 Å². The van der Waals surface area contributed by atoms with Gasteiger partial charge in [0.1, 0.15) is 6.04 Å². The van der Waals surface area contributed by atoms with E-state index in [1.807, 2.05) is 0 Å². The molecule has 1 saturated heterocycles. The van der Waals surface area contributed by atoms with Gasteiger partial charge in [-0.15, -0.1) is 0 Å². The molecular weight excluding hydrogens is 319 g/mol. The van der Waals surface area contributed by atoms with Gasteiger partial charge in [0, 0.05) is 19.0 Å². The van der Waals surface area contributed by atoms with Gasteiger partial charge in [-0.2, -0.15) is 18.3 Å². The van der Waals surface area contributed by atoms with Crippen LogP contribution in [0, 0.1) is 0 Å². The molecule has 0 spiro atoms. The van der Waals surface area contributed by atoms with Crippen LogP contribution < -0.4 is 0 Å². The van der Waals surface area contributed by atoms with Gasteiger partial charge in [-0.3, -0.25) is 9.48 Å². The molecule has 1 aliphatic heterocycles. The Kier molecular flexibility index (Phi) is 3.87. The van der Waals surface area contributed by atoms with Gasteiger partial charge in [0.25, 0.3) is 0 Å². The fraction of sp³-hybridized carbons (Fsp3) is 0.714. The normalized spacial score (nSPS) is 20.5. The molecule has 1 aromatic heterocycles. The number of amides is 1. The lowest BCUT2D eigenvalue weighted by Crippen LogP contribution is -2.35. The first-order chi connectivity index (χ1) is 10.3. The Morgan fingerprint density at radius 2 is 1.91 bits per heavy atom. The third-order valence-electron chi connectivity index (χ3n) is 4.26. The summed E-state index contributed by atoms with van der Waals surface area (Å²) in [4.78, 5) is 14.1. The van der Waals surface area contributed by atoms with Gasteiger partial charge in [0.05, 0.1) is 10.7 Å². The van der Waals surface area contributed by atoms with Crippen molar-refractivity contribution in [3.63, 3.8) is 0 Å². The van der Waals surface area contributed by atoms with Crippen LogP contribution in [0.25, 0.3) is 0 Å². The smallest absolute Gasteiger partial charge is 0.341 e. The van der Waals surface area contributed by atoms with Crippen LogP contribution >= 0.6 is 11.6 Å². The topological polar surface area (TPSA) is 38.1 Å². The first-order valence-corrected chi connectivity index (χ1v) is 7.82. The molecule has 4 nitrogen and oxygen atoms in total. The summed E-state index contributed by atoms with van der Waals surface area (Å²) in [5.41, 5.74) is -0.730. The van der Waals surface area contributed by atoms with Crippen LogP contribution in [0.15, 0.2) is 0 Å². The molecule has 2 fully saturated rings. The molecule has 122 valence electrons. The Morgan fingerprint density at radius 1 is 1.32 bits per heavy atom. The predicted octanol–water partition coefficient (Wildman–Crippen LogP) is 3.62. The summed E-state index contributed by atoms with van der Waals surface area (Å²) < 4.78 is 40.3. The Bertz CT molecular complexity index is 589. The molecule has 1 atom stereocenters. The van der Waals surface area contributed by atoms with E-state index in [0.717, 1.165) is 25.7 Å². The van der Waals surface area contributed by atoms with E-state index in [4.69, 9.17) is 11.6 Å². The zero-order valence-corrected chi connectivity index (χ0v) is 12.9. The number of hydrogen-bond donors (Lipinski definition) is 0.